The van der Waals surface area contributed by atoms with Gasteiger partial charge in [-0.25, -0.2) is 26.3 Å². The second-order valence-corrected chi connectivity index (χ2v) is 10.2. The topological polar surface area (TPSA) is 40.5 Å². The standard InChI is InChI=1S/C34H22F6O2/c35-27-11-19(12-28(36)33(27)39)23-9-17-5-1-3-7-21(17)31(25(23)15-41)32-22-8-4-2-6-18(22)10-24(26(32)16-42)20-13-29(37)34(40)30(38)14-20/h1-9,11-14,24,41-42H,10,15-16H2. The van der Waals surface area contributed by atoms with Crippen molar-refractivity contribution in [2.75, 3.05) is 6.61 Å². The van der Waals surface area contributed by atoms with Crippen molar-refractivity contribution in [1.82, 2.24) is 0 Å². The fourth-order valence-corrected chi connectivity index (χ4v) is 6.02. The average Bonchev–Trinajstić information content (AvgIpc) is 3.00. The summed E-state index contributed by atoms with van der Waals surface area (Å²) in [6, 6.07) is 19.4. The zero-order valence-electron chi connectivity index (χ0n) is 21.9. The van der Waals surface area contributed by atoms with Gasteiger partial charge in [-0.3, -0.25) is 0 Å². The van der Waals surface area contributed by atoms with Crippen molar-refractivity contribution in [2.45, 2.75) is 18.9 Å². The van der Waals surface area contributed by atoms with Gasteiger partial charge in [-0.15, -0.1) is 0 Å². The molecule has 6 rings (SSSR count). The second-order valence-electron chi connectivity index (χ2n) is 10.2. The van der Waals surface area contributed by atoms with Crippen LogP contribution in [0.5, 0.6) is 0 Å². The van der Waals surface area contributed by atoms with Crippen LogP contribution >= 0.6 is 0 Å². The Bertz CT molecular complexity index is 1870. The molecule has 212 valence electrons. The summed E-state index contributed by atoms with van der Waals surface area (Å²) < 4.78 is 85.3. The van der Waals surface area contributed by atoms with Gasteiger partial charge in [0.15, 0.2) is 34.9 Å². The first kappa shape index (κ1) is 27.8. The van der Waals surface area contributed by atoms with Crippen molar-refractivity contribution in [2.24, 2.45) is 0 Å². The molecule has 0 aromatic heterocycles. The van der Waals surface area contributed by atoms with Crippen molar-refractivity contribution < 1.29 is 36.6 Å². The molecule has 0 saturated carbocycles. The lowest BCUT2D eigenvalue weighted by Gasteiger charge is -2.32. The molecular weight excluding hydrogens is 554 g/mol. The number of benzene rings is 5. The molecule has 0 aliphatic heterocycles. The van der Waals surface area contributed by atoms with Crippen LogP contribution in [0.3, 0.4) is 0 Å². The monoisotopic (exact) mass is 576 g/mol. The third-order valence-corrected chi connectivity index (χ3v) is 7.89. The van der Waals surface area contributed by atoms with Gasteiger partial charge < -0.3 is 10.2 Å². The first-order valence-electron chi connectivity index (χ1n) is 13.1. The van der Waals surface area contributed by atoms with E-state index in [4.69, 9.17) is 0 Å². The van der Waals surface area contributed by atoms with E-state index in [9.17, 15) is 36.6 Å². The maximum absolute atomic E-state index is 14.4. The van der Waals surface area contributed by atoms with E-state index in [1.165, 1.54) is 0 Å². The summed E-state index contributed by atoms with van der Waals surface area (Å²) in [5.74, 6) is -9.55. The highest BCUT2D eigenvalue weighted by Crippen LogP contribution is 2.48. The molecule has 1 unspecified atom stereocenters. The summed E-state index contributed by atoms with van der Waals surface area (Å²) in [5.41, 5.74) is 3.24. The molecule has 42 heavy (non-hydrogen) atoms. The molecule has 0 amide bonds. The summed E-state index contributed by atoms with van der Waals surface area (Å²) >= 11 is 0. The van der Waals surface area contributed by atoms with E-state index in [2.05, 4.69) is 0 Å². The minimum absolute atomic E-state index is 0.0167. The van der Waals surface area contributed by atoms with E-state index in [0.29, 0.717) is 33.0 Å². The Morgan fingerprint density at radius 1 is 0.643 bits per heavy atom. The Labute approximate surface area is 236 Å². The van der Waals surface area contributed by atoms with Crippen LogP contribution in [0.25, 0.3) is 27.5 Å². The fraction of sp³-hybridized carbons (Fsp3) is 0.118. The maximum Gasteiger partial charge on any atom is 0.194 e. The highest BCUT2D eigenvalue weighted by atomic mass is 19.2. The molecule has 5 aromatic rings. The molecule has 1 aliphatic carbocycles. The number of fused-ring (bicyclic) bond motifs is 2. The lowest BCUT2D eigenvalue weighted by Crippen LogP contribution is -2.19. The molecule has 1 atom stereocenters. The average molecular weight is 577 g/mol. The first-order valence-corrected chi connectivity index (χ1v) is 13.1. The highest BCUT2D eigenvalue weighted by Gasteiger charge is 2.32. The quantitative estimate of drug-likeness (QED) is 0.165. The summed E-state index contributed by atoms with van der Waals surface area (Å²) in [6.07, 6.45) is 0.237. The van der Waals surface area contributed by atoms with Gasteiger partial charge in [-0.1, -0.05) is 48.5 Å². The van der Waals surface area contributed by atoms with Crippen LogP contribution in [0.15, 0.2) is 84.4 Å². The molecule has 5 aromatic carbocycles. The summed E-state index contributed by atoms with van der Waals surface area (Å²) in [7, 11) is 0. The number of hydrogen-bond acceptors (Lipinski definition) is 2. The van der Waals surface area contributed by atoms with Gasteiger partial charge in [-0.2, -0.15) is 0 Å². The van der Waals surface area contributed by atoms with Crippen LogP contribution in [-0.4, -0.2) is 16.8 Å². The Hall–Kier alpha value is -4.40. The smallest absolute Gasteiger partial charge is 0.194 e. The molecule has 1 aliphatic rings. The van der Waals surface area contributed by atoms with Crippen molar-refractivity contribution in [3.63, 3.8) is 0 Å². The Balaban J connectivity index is 1.74. The van der Waals surface area contributed by atoms with E-state index < -0.39 is 54.0 Å². The van der Waals surface area contributed by atoms with Gasteiger partial charge >= 0.3 is 0 Å². The van der Waals surface area contributed by atoms with Gasteiger partial charge in [0.2, 0.25) is 0 Å². The van der Waals surface area contributed by atoms with Gasteiger partial charge in [0.05, 0.1) is 13.2 Å². The Kier molecular flexibility index (Phi) is 7.12. The fourth-order valence-electron chi connectivity index (χ4n) is 6.02. The number of rotatable bonds is 5. The molecule has 0 saturated heterocycles. The van der Waals surface area contributed by atoms with Crippen LogP contribution in [0.2, 0.25) is 0 Å². The molecule has 0 bridgehead atoms. The van der Waals surface area contributed by atoms with Crippen LogP contribution in [0.4, 0.5) is 26.3 Å². The predicted octanol–water partition coefficient (Wildman–Crippen LogP) is 7.97. The summed E-state index contributed by atoms with van der Waals surface area (Å²) in [4.78, 5) is 0. The molecular formula is C34H22F6O2. The molecule has 0 heterocycles. The van der Waals surface area contributed by atoms with Crippen molar-refractivity contribution in [1.29, 1.82) is 0 Å². The van der Waals surface area contributed by atoms with Crippen molar-refractivity contribution >= 4 is 16.3 Å². The van der Waals surface area contributed by atoms with E-state index in [1.54, 1.807) is 42.5 Å². The number of aliphatic hydroxyl groups is 2. The predicted molar refractivity (Wildman–Crippen MR) is 147 cm³/mol. The van der Waals surface area contributed by atoms with Crippen LogP contribution < -0.4 is 0 Å². The first-order chi connectivity index (χ1) is 20.2. The largest absolute Gasteiger partial charge is 0.392 e. The van der Waals surface area contributed by atoms with Gasteiger partial charge in [0.1, 0.15) is 0 Å². The minimum Gasteiger partial charge on any atom is -0.392 e. The second kappa shape index (κ2) is 10.8. The molecule has 2 nitrogen and oxygen atoms in total. The zero-order valence-corrected chi connectivity index (χ0v) is 21.9. The maximum atomic E-state index is 14.4. The molecule has 8 heteroatoms. The molecule has 0 radical (unpaired) electrons. The normalized spacial score (nSPS) is 14.9. The van der Waals surface area contributed by atoms with E-state index in [1.807, 2.05) is 12.1 Å². The molecule has 2 N–H and O–H groups in total. The number of hydrogen-bond donors (Lipinski definition) is 2. The van der Waals surface area contributed by atoms with Crippen LogP contribution in [0, 0.1) is 34.9 Å². The van der Waals surface area contributed by atoms with Crippen LogP contribution in [-0.2, 0) is 13.0 Å². The SMILES string of the molecule is OCC1=C(c2c(CO)c(-c3cc(F)c(F)c(F)c3)cc3ccccc23)c2ccccc2CC1c1cc(F)c(F)c(F)c1. The van der Waals surface area contributed by atoms with E-state index in [0.717, 1.165) is 29.8 Å². The van der Waals surface area contributed by atoms with Crippen molar-refractivity contribution in [3.8, 4) is 11.1 Å². The number of halogens is 6. The van der Waals surface area contributed by atoms with E-state index in [-0.39, 0.29) is 28.7 Å². The van der Waals surface area contributed by atoms with Gasteiger partial charge in [0, 0.05) is 5.92 Å². The Morgan fingerprint density at radius 3 is 1.88 bits per heavy atom. The van der Waals surface area contributed by atoms with Gasteiger partial charge in [-0.05, 0) is 97.6 Å². The summed E-state index contributed by atoms with van der Waals surface area (Å²) in [5, 5.41) is 22.8. The Morgan fingerprint density at radius 2 is 1.24 bits per heavy atom. The van der Waals surface area contributed by atoms with E-state index >= 15 is 0 Å². The number of aliphatic hydroxyl groups excluding tert-OH is 2. The zero-order chi connectivity index (χ0) is 29.7. The summed E-state index contributed by atoms with van der Waals surface area (Å²) in [6.45, 7) is -1.16. The highest BCUT2D eigenvalue weighted by molar-refractivity contribution is 6.04. The third-order valence-electron chi connectivity index (χ3n) is 7.89. The minimum atomic E-state index is -1.63. The molecule has 0 fully saturated rings. The molecule has 0 spiro atoms. The lowest BCUT2D eigenvalue weighted by molar-refractivity contribution is 0.282. The van der Waals surface area contributed by atoms with Gasteiger partial charge in [0.25, 0.3) is 0 Å². The third kappa shape index (κ3) is 4.47. The van der Waals surface area contributed by atoms with Crippen LogP contribution in [0.1, 0.15) is 33.7 Å². The van der Waals surface area contributed by atoms with Crippen molar-refractivity contribution in [3.05, 3.63) is 147 Å². The lowest BCUT2D eigenvalue weighted by atomic mass is 9.72.